The third-order valence-corrected chi connectivity index (χ3v) is 10.3. The number of nitrogens with zero attached hydrogens (tertiary/aromatic N) is 1. The lowest BCUT2D eigenvalue weighted by molar-refractivity contribution is -0.141. The number of β-lactam (4-membered cyclic amide) rings is 1. The summed E-state index contributed by atoms with van der Waals surface area (Å²) in [6.45, 7) is 5.19. The highest BCUT2D eigenvalue weighted by Gasteiger charge is 2.49. The van der Waals surface area contributed by atoms with Gasteiger partial charge in [0.2, 0.25) is 11.8 Å². The van der Waals surface area contributed by atoms with Crippen LogP contribution in [0.15, 0.2) is 72.8 Å². The van der Waals surface area contributed by atoms with Gasteiger partial charge < -0.3 is 30.5 Å². The molecule has 3 aromatic carbocycles. The van der Waals surface area contributed by atoms with E-state index in [9.17, 15) is 38.2 Å². The highest BCUT2D eigenvalue weighted by atomic mass is 32.2. The average molecular weight is 686 g/mol. The summed E-state index contributed by atoms with van der Waals surface area (Å²) in [5.41, 5.74) is 1.77. The number of carboxylic acid groups (broad SMARTS) is 1. The van der Waals surface area contributed by atoms with Crippen molar-refractivity contribution in [2.75, 3.05) is 23.8 Å². The summed E-state index contributed by atoms with van der Waals surface area (Å²) >= 11 is 1.26. The summed E-state index contributed by atoms with van der Waals surface area (Å²) in [7, 11) is -1.77. The van der Waals surface area contributed by atoms with Crippen LogP contribution in [0.3, 0.4) is 0 Å². The standard InChI is InChI=1S/C33H37F2N3O7SSi/c1-47(2,3)19-26(33(43)44)37-28(40)16-36-29(41)17-45-25-14-6-21(7-15-25)30-31(32(42)38(30)24-12-10-23(35)11-13-24)46-18-27(39)20-4-8-22(34)9-5-20/h4-15,26-27,30-31,39H,16-19H2,1-3H3,(H,36,41)(H,37,40)(H,43,44)/t26?,27?,30-,31-/m1/s1. The Bertz CT molecular complexity index is 1570. The van der Waals surface area contributed by atoms with Gasteiger partial charge in [-0.15, -0.1) is 11.8 Å². The van der Waals surface area contributed by atoms with Crippen LogP contribution in [0.1, 0.15) is 23.3 Å². The van der Waals surface area contributed by atoms with Crippen molar-refractivity contribution in [1.82, 2.24) is 10.6 Å². The molecular weight excluding hydrogens is 649 g/mol. The molecule has 3 amide bonds. The van der Waals surface area contributed by atoms with Crippen molar-refractivity contribution in [3.63, 3.8) is 0 Å². The molecule has 14 heteroatoms. The highest BCUT2D eigenvalue weighted by Crippen LogP contribution is 2.46. The number of halogens is 2. The topological polar surface area (TPSA) is 145 Å². The van der Waals surface area contributed by atoms with Gasteiger partial charge in [-0.2, -0.15) is 0 Å². The molecule has 0 spiro atoms. The predicted octanol–water partition coefficient (Wildman–Crippen LogP) is 4.29. The van der Waals surface area contributed by atoms with Gasteiger partial charge in [0.15, 0.2) is 6.61 Å². The number of ether oxygens (including phenoxy) is 1. The molecule has 0 saturated carbocycles. The van der Waals surface area contributed by atoms with Crippen LogP contribution < -0.4 is 20.3 Å². The maximum absolute atomic E-state index is 13.6. The van der Waals surface area contributed by atoms with Crippen LogP contribution in [0, 0.1) is 11.6 Å². The predicted molar refractivity (Wildman–Crippen MR) is 177 cm³/mol. The monoisotopic (exact) mass is 685 g/mol. The van der Waals surface area contributed by atoms with Gasteiger partial charge >= 0.3 is 5.97 Å². The fraction of sp³-hybridized carbons (Fsp3) is 0.333. The number of nitrogens with one attached hydrogen (secondary N) is 2. The van der Waals surface area contributed by atoms with Gasteiger partial charge in [0.1, 0.15) is 28.7 Å². The van der Waals surface area contributed by atoms with Crippen LogP contribution in [0.25, 0.3) is 0 Å². The number of carboxylic acids is 1. The van der Waals surface area contributed by atoms with E-state index in [4.69, 9.17) is 4.74 Å². The Morgan fingerprint density at radius 1 is 0.936 bits per heavy atom. The van der Waals surface area contributed by atoms with E-state index in [1.165, 1.54) is 60.3 Å². The first-order valence-electron chi connectivity index (χ1n) is 14.9. The minimum atomic E-state index is -1.77. The van der Waals surface area contributed by atoms with Crippen LogP contribution in [0.4, 0.5) is 14.5 Å². The molecule has 10 nitrogen and oxygen atoms in total. The molecule has 1 aliphatic rings. The zero-order chi connectivity index (χ0) is 34.3. The van der Waals surface area contributed by atoms with Crippen molar-refractivity contribution in [3.05, 3.63) is 95.6 Å². The van der Waals surface area contributed by atoms with E-state index < -0.39 is 74.1 Å². The van der Waals surface area contributed by atoms with E-state index >= 15 is 0 Å². The fourth-order valence-electron chi connectivity index (χ4n) is 5.01. The molecule has 1 heterocycles. The molecule has 4 atom stereocenters. The van der Waals surface area contributed by atoms with Gasteiger partial charge in [-0.3, -0.25) is 19.2 Å². The molecule has 0 radical (unpaired) electrons. The SMILES string of the molecule is C[Si](C)(C)CC(NC(=O)CNC(=O)COc1ccc([C@@H]2[C@@H](SCC(O)c3ccc(F)cc3)C(=O)N2c2ccc(F)cc2)cc1)C(=O)O. The fourth-order valence-corrected chi connectivity index (χ4v) is 7.81. The van der Waals surface area contributed by atoms with Crippen molar-refractivity contribution in [2.24, 2.45) is 0 Å². The molecule has 1 fully saturated rings. The minimum Gasteiger partial charge on any atom is -0.484 e. The Balaban J connectivity index is 1.36. The first-order valence-corrected chi connectivity index (χ1v) is 19.6. The molecule has 250 valence electrons. The molecule has 0 bridgehead atoms. The van der Waals surface area contributed by atoms with Crippen molar-refractivity contribution < 1.29 is 42.9 Å². The van der Waals surface area contributed by atoms with E-state index in [0.717, 1.165) is 5.56 Å². The number of carbonyl (C=O) groups excluding carboxylic acids is 3. The molecule has 0 aromatic heterocycles. The summed E-state index contributed by atoms with van der Waals surface area (Å²) in [6.07, 6.45) is -0.925. The average Bonchev–Trinajstić information content (AvgIpc) is 3.02. The number of amides is 3. The molecule has 2 unspecified atom stereocenters. The number of carbonyl (C=O) groups is 4. The van der Waals surface area contributed by atoms with Gasteiger partial charge in [-0.05, 0) is 65.7 Å². The maximum Gasteiger partial charge on any atom is 0.325 e. The number of aliphatic hydroxyl groups excluding tert-OH is 1. The summed E-state index contributed by atoms with van der Waals surface area (Å²) < 4.78 is 32.5. The molecule has 4 rings (SSSR count). The largest absolute Gasteiger partial charge is 0.484 e. The number of anilines is 1. The number of rotatable bonds is 15. The Kier molecular flexibility index (Phi) is 11.8. The molecule has 4 N–H and O–H groups in total. The second kappa shape index (κ2) is 15.5. The summed E-state index contributed by atoms with van der Waals surface area (Å²) in [6, 6.07) is 16.7. The molecule has 1 aliphatic heterocycles. The maximum atomic E-state index is 13.6. The van der Waals surface area contributed by atoms with E-state index in [1.54, 1.807) is 29.2 Å². The Hall–Kier alpha value is -4.27. The van der Waals surface area contributed by atoms with Crippen LogP contribution in [0.2, 0.25) is 25.7 Å². The first-order chi connectivity index (χ1) is 22.2. The number of benzene rings is 3. The normalized spacial score (nSPS) is 17.3. The van der Waals surface area contributed by atoms with Crippen molar-refractivity contribution >= 4 is 49.2 Å². The third kappa shape index (κ3) is 9.86. The zero-order valence-corrected chi connectivity index (χ0v) is 27.9. The van der Waals surface area contributed by atoms with E-state index in [1.807, 2.05) is 19.6 Å². The molecular formula is C33H37F2N3O7SSi. The molecule has 3 aromatic rings. The summed E-state index contributed by atoms with van der Waals surface area (Å²) in [5, 5.41) is 24.3. The minimum absolute atomic E-state index is 0.180. The second-order valence-corrected chi connectivity index (χ2v) is 19.0. The lowest BCUT2D eigenvalue weighted by Crippen LogP contribution is -2.57. The van der Waals surface area contributed by atoms with E-state index in [2.05, 4.69) is 10.6 Å². The smallest absolute Gasteiger partial charge is 0.325 e. The number of thioether (sulfide) groups is 1. The van der Waals surface area contributed by atoms with Crippen molar-refractivity contribution in [1.29, 1.82) is 0 Å². The summed E-state index contributed by atoms with van der Waals surface area (Å²) in [4.78, 5) is 50.9. The molecule has 1 saturated heterocycles. The van der Waals surface area contributed by atoms with Gasteiger partial charge in [0, 0.05) is 19.5 Å². The van der Waals surface area contributed by atoms with Gasteiger partial charge in [0.05, 0.1) is 18.7 Å². The number of hydrogen-bond acceptors (Lipinski definition) is 7. The Labute approximate surface area is 276 Å². The van der Waals surface area contributed by atoms with Gasteiger partial charge in [0.25, 0.3) is 5.91 Å². The molecule has 0 aliphatic carbocycles. The van der Waals surface area contributed by atoms with Crippen LogP contribution in [-0.2, 0) is 19.2 Å². The zero-order valence-electron chi connectivity index (χ0n) is 26.1. The lowest BCUT2D eigenvalue weighted by Gasteiger charge is -2.47. The van der Waals surface area contributed by atoms with Gasteiger partial charge in [-0.1, -0.05) is 43.9 Å². The van der Waals surface area contributed by atoms with Gasteiger partial charge in [-0.25, -0.2) is 8.78 Å². The Morgan fingerprint density at radius 3 is 2.11 bits per heavy atom. The number of aliphatic hydroxyl groups is 1. The summed E-state index contributed by atoms with van der Waals surface area (Å²) in [5.74, 6) is -2.87. The van der Waals surface area contributed by atoms with Crippen molar-refractivity contribution in [3.8, 4) is 5.75 Å². The number of hydrogen-bond donors (Lipinski definition) is 4. The van der Waals surface area contributed by atoms with Crippen molar-refractivity contribution in [2.45, 2.75) is 49.1 Å². The number of aliphatic carboxylic acids is 1. The second-order valence-electron chi connectivity index (χ2n) is 12.3. The first kappa shape index (κ1) is 35.6. The highest BCUT2D eigenvalue weighted by molar-refractivity contribution is 8.00. The molecule has 47 heavy (non-hydrogen) atoms. The van der Waals surface area contributed by atoms with Crippen LogP contribution >= 0.6 is 11.8 Å². The van der Waals surface area contributed by atoms with Crippen LogP contribution in [0.5, 0.6) is 5.75 Å². The lowest BCUT2D eigenvalue weighted by atomic mass is 9.92. The van der Waals surface area contributed by atoms with E-state index in [-0.39, 0.29) is 11.7 Å². The third-order valence-electron chi connectivity index (χ3n) is 7.33. The Morgan fingerprint density at radius 2 is 1.53 bits per heavy atom. The quantitative estimate of drug-likeness (QED) is 0.137. The van der Waals surface area contributed by atoms with Crippen LogP contribution in [-0.4, -0.2) is 72.2 Å². The van der Waals surface area contributed by atoms with E-state index in [0.29, 0.717) is 23.0 Å².